The summed E-state index contributed by atoms with van der Waals surface area (Å²) in [5, 5.41) is 5.84. The molecule has 0 radical (unpaired) electrons. The van der Waals surface area contributed by atoms with E-state index in [0.717, 1.165) is 11.6 Å². The molecule has 0 aliphatic rings. The lowest BCUT2D eigenvalue weighted by Gasteiger charge is -2.14. The van der Waals surface area contributed by atoms with Crippen molar-refractivity contribution in [3.05, 3.63) is 70.5 Å². The van der Waals surface area contributed by atoms with Crippen molar-refractivity contribution in [3.63, 3.8) is 0 Å². The Hall–Kier alpha value is -2.40. The van der Waals surface area contributed by atoms with Crippen LogP contribution in [0.3, 0.4) is 0 Å². The van der Waals surface area contributed by atoms with Crippen molar-refractivity contribution >= 4 is 23.4 Å². The Morgan fingerprint density at radius 3 is 2.52 bits per heavy atom. The van der Waals surface area contributed by atoms with E-state index >= 15 is 0 Å². The van der Waals surface area contributed by atoms with Crippen LogP contribution < -0.4 is 10.6 Å². The molecule has 2 N–H and O–H groups in total. The second-order valence-electron chi connectivity index (χ2n) is 5.03. The summed E-state index contributed by atoms with van der Waals surface area (Å²) in [6.45, 7) is 1.64. The third-order valence-corrected chi connectivity index (χ3v) is 3.50. The molecule has 23 heavy (non-hydrogen) atoms. The lowest BCUT2D eigenvalue weighted by atomic mass is 10.1. The van der Waals surface area contributed by atoms with Crippen molar-refractivity contribution < 1.29 is 14.0 Å². The Balaban J connectivity index is 1.85. The van der Waals surface area contributed by atoms with Crippen molar-refractivity contribution in [2.75, 3.05) is 6.54 Å². The van der Waals surface area contributed by atoms with E-state index in [1.165, 1.54) is 18.2 Å². The topological polar surface area (TPSA) is 58.2 Å². The van der Waals surface area contributed by atoms with Gasteiger partial charge >= 0.3 is 0 Å². The number of amides is 2. The Labute approximate surface area is 138 Å². The van der Waals surface area contributed by atoms with Gasteiger partial charge in [0.2, 0.25) is 5.91 Å². The van der Waals surface area contributed by atoms with E-state index in [1.54, 1.807) is 12.1 Å². The molecule has 0 spiro atoms. The molecular formula is C17H16ClFN2O2. The van der Waals surface area contributed by atoms with Crippen LogP contribution in [0.5, 0.6) is 0 Å². The number of halogens is 2. The van der Waals surface area contributed by atoms with E-state index in [4.69, 9.17) is 11.6 Å². The summed E-state index contributed by atoms with van der Waals surface area (Å²) in [5.41, 5.74) is 1.07. The van der Waals surface area contributed by atoms with E-state index < -0.39 is 11.7 Å². The van der Waals surface area contributed by atoms with Gasteiger partial charge < -0.3 is 10.6 Å². The molecule has 0 bridgehead atoms. The first-order valence-corrected chi connectivity index (χ1v) is 7.42. The average Bonchev–Trinajstić information content (AvgIpc) is 2.53. The summed E-state index contributed by atoms with van der Waals surface area (Å²) in [6.07, 6.45) is 0. The van der Waals surface area contributed by atoms with Crippen LogP contribution in [0.2, 0.25) is 5.02 Å². The van der Waals surface area contributed by atoms with Crippen LogP contribution in [0, 0.1) is 5.82 Å². The predicted molar refractivity (Wildman–Crippen MR) is 86.7 cm³/mol. The van der Waals surface area contributed by atoms with Gasteiger partial charge in [0.25, 0.3) is 5.91 Å². The highest BCUT2D eigenvalue weighted by Crippen LogP contribution is 2.15. The minimum absolute atomic E-state index is 0.170. The zero-order chi connectivity index (χ0) is 16.8. The molecule has 1 atom stereocenters. The van der Waals surface area contributed by atoms with Crippen LogP contribution in [0.1, 0.15) is 28.9 Å². The third kappa shape index (κ3) is 5.07. The van der Waals surface area contributed by atoms with E-state index in [0.29, 0.717) is 5.02 Å². The fourth-order valence-corrected chi connectivity index (χ4v) is 2.15. The zero-order valence-corrected chi connectivity index (χ0v) is 13.2. The van der Waals surface area contributed by atoms with Crippen LogP contribution in [0.4, 0.5) is 4.39 Å². The van der Waals surface area contributed by atoms with Gasteiger partial charge in [-0.15, -0.1) is 0 Å². The molecule has 0 aromatic heterocycles. The lowest BCUT2D eigenvalue weighted by molar-refractivity contribution is -0.120. The highest BCUT2D eigenvalue weighted by atomic mass is 35.5. The molecule has 0 saturated heterocycles. The molecule has 2 rings (SSSR count). The Morgan fingerprint density at radius 1 is 1.17 bits per heavy atom. The Morgan fingerprint density at radius 2 is 1.87 bits per heavy atom. The largest absolute Gasteiger partial charge is 0.348 e. The van der Waals surface area contributed by atoms with Gasteiger partial charge in [0, 0.05) is 10.6 Å². The van der Waals surface area contributed by atoms with Gasteiger partial charge in [-0.25, -0.2) is 4.39 Å². The minimum atomic E-state index is -0.501. The molecule has 0 heterocycles. The number of hydrogen-bond acceptors (Lipinski definition) is 2. The molecule has 120 valence electrons. The maximum absolute atomic E-state index is 13.0. The smallest absolute Gasteiger partial charge is 0.251 e. The first-order valence-electron chi connectivity index (χ1n) is 7.04. The average molecular weight is 335 g/mol. The summed E-state index contributed by atoms with van der Waals surface area (Å²) < 4.78 is 13.0. The SMILES string of the molecule is CC(NC(=O)CNC(=O)c1cccc(F)c1)c1ccc(Cl)cc1. The Kier molecular flexibility index (Phi) is 5.71. The molecule has 6 heteroatoms. The number of benzene rings is 2. The number of carbonyl (C=O) groups excluding carboxylic acids is 2. The van der Waals surface area contributed by atoms with Gasteiger partial charge in [0.05, 0.1) is 12.6 Å². The van der Waals surface area contributed by atoms with E-state index in [9.17, 15) is 14.0 Å². The van der Waals surface area contributed by atoms with Crippen LogP contribution in [0.25, 0.3) is 0 Å². The predicted octanol–water partition coefficient (Wildman–Crippen LogP) is 3.09. The maximum atomic E-state index is 13.0. The minimum Gasteiger partial charge on any atom is -0.348 e. The summed E-state index contributed by atoms with van der Waals surface area (Å²) >= 11 is 5.81. The van der Waals surface area contributed by atoms with Crippen molar-refractivity contribution in [1.82, 2.24) is 10.6 Å². The normalized spacial score (nSPS) is 11.6. The van der Waals surface area contributed by atoms with Crippen molar-refractivity contribution in [2.45, 2.75) is 13.0 Å². The molecule has 2 aromatic carbocycles. The van der Waals surface area contributed by atoms with E-state index in [1.807, 2.05) is 19.1 Å². The molecule has 0 aliphatic carbocycles. The summed E-state index contributed by atoms with van der Waals surface area (Å²) in [6, 6.07) is 12.2. The van der Waals surface area contributed by atoms with E-state index in [2.05, 4.69) is 10.6 Å². The van der Waals surface area contributed by atoms with Crippen molar-refractivity contribution in [1.29, 1.82) is 0 Å². The quantitative estimate of drug-likeness (QED) is 0.882. The van der Waals surface area contributed by atoms with Gasteiger partial charge in [-0.2, -0.15) is 0 Å². The standard InChI is InChI=1S/C17H16ClFN2O2/c1-11(12-5-7-14(18)8-6-12)21-16(22)10-20-17(23)13-3-2-4-15(19)9-13/h2-9,11H,10H2,1H3,(H,20,23)(H,21,22). The second-order valence-corrected chi connectivity index (χ2v) is 5.47. The zero-order valence-electron chi connectivity index (χ0n) is 12.5. The summed E-state index contributed by atoms with van der Waals surface area (Å²) in [4.78, 5) is 23.7. The first kappa shape index (κ1) is 17.0. The van der Waals surface area contributed by atoms with Crippen LogP contribution in [0.15, 0.2) is 48.5 Å². The van der Waals surface area contributed by atoms with Gasteiger partial charge in [-0.3, -0.25) is 9.59 Å². The maximum Gasteiger partial charge on any atom is 0.251 e. The van der Waals surface area contributed by atoms with Gasteiger partial charge in [0.1, 0.15) is 5.82 Å². The second kappa shape index (κ2) is 7.74. The Bertz CT molecular complexity index is 704. The number of carbonyl (C=O) groups is 2. The number of hydrogen-bond donors (Lipinski definition) is 2. The van der Waals surface area contributed by atoms with Crippen LogP contribution in [-0.4, -0.2) is 18.4 Å². The fraction of sp³-hybridized carbons (Fsp3) is 0.176. The fourth-order valence-electron chi connectivity index (χ4n) is 2.02. The van der Waals surface area contributed by atoms with Crippen molar-refractivity contribution in [2.24, 2.45) is 0 Å². The lowest BCUT2D eigenvalue weighted by Crippen LogP contribution is -2.38. The highest BCUT2D eigenvalue weighted by Gasteiger charge is 2.12. The molecule has 4 nitrogen and oxygen atoms in total. The van der Waals surface area contributed by atoms with Crippen molar-refractivity contribution in [3.8, 4) is 0 Å². The molecule has 0 aliphatic heterocycles. The molecule has 2 aromatic rings. The third-order valence-electron chi connectivity index (χ3n) is 3.24. The van der Waals surface area contributed by atoms with Crippen LogP contribution >= 0.6 is 11.6 Å². The molecule has 0 saturated carbocycles. The molecule has 1 unspecified atom stereocenters. The summed E-state index contributed by atoms with van der Waals surface area (Å²) in [5.74, 6) is -1.34. The van der Waals surface area contributed by atoms with Gasteiger partial charge in [-0.05, 0) is 42.8 Å². The molecule has 0 fully saturated rings. The molecule has 2 amide bonds. The highest BCUT2D eigenvalue weighted by molar-refractivity contribution is 6.30. The van der Waals surface area contributed by atoms with Gasteiger partial charge in [-0.1, -0.05) is 29.8 Å². The number of nitrogens with one attached hydrogen (secondary N) is 2. The summed E-state index contributed by atoms with van der Waals surface area (Å²) in [7, 11) is 0. The number of rotatable bonds is 5. The van der Waals surface area contributed by atoms with Crippen LogP contribution in [-0.2, 0) is 4.79 Å². The van der Waals surface area contributed by atoms with E-state index in [-0.39, 0.29) is 24.1 Å². The monoisotopic (exact) mass is 334 g/mol. The molecular weight excluding hydrogens is 319 g/mol. The first-order chi connectivity index (χ1) is 11.0. The van der Waals surface area contributed by atoms with Gasteiger partial charge in [0.15, 0.2) is 0 Å².